The number of nitrogens with one attached hydrogen (secondary N) is 1. The van der Waals surface area contributed by atoms with Crippen LogP contribution in [-0.2, 0) is 16.0 Å². The molecule has 0 fully saturated rings. The summed E-state index contributed by atoms with van der Waals surface area (Å²) < 4.78 is 4.99. The van der Waals surface area contributed by atoms with Crippen LogP contribution in [0.1, 0.15) is 16.1 Å². The third-order valence-electron chi connectivity index (χ3n) is 5.68. The van der Waals surface area contributed by atoms with Crippen molar-refractivity contribution in [2.45, 2.75) is 12.5 Å². The summed E-state index contributed by atoms with van der Waals surface area (Å²) in [6, 6.07) is 25.7. The number of hydrogen-bond acceptors (Lipinski definition) is 5. The molecular weight excluding hydrogens is 414 g/mol. The van der Waals surface area contributed by atoms with Crippen LogP contribution in [0.2, 0.25) is 0 Å². The van der Waals surface area contributed by atoms with E-state index in [1.165, 1.54) is 7.11 Å². The molecule has 0 aliphatic rings. The fourth-order valence-electron chi connectivity index (χ4n) is 4.08. The summed E-state index contributed by atoms with van der Waals surface area (Å²) in [5.41, 5.74) is 3.43. The van der Waals surface area contributed by atoms with Crippen LogP contribution in [-0.4, -0.2) is 35.0 Å². The first-order valence-corrected chi connectivity index (χ1v) is 10.6. The molecule has 0 saturated carbocycles. The third kappa shape index (κ3) is 3.99. The SMILES string of the molecule is COC(=O)[C@H](Cc1ccc2ccccc2n1)NC(=O)c1c2ccccc2nc2ccccc12. The van der Waals surface area contributed by atoms with E-state index in [9.17, 15) is 9.59 Å². The number of pyridine rings is 2. The van der Waals surface area contributed by atoms with Crippen molar-refractivity contribution in [2.24, 2.45) is 0 Å². The van der Waals surface area contributed by atoms with Gasteiger partial charge in [0, 0.05) is 28.3 Å². The minimum absolute atomic E-state index is 0.212. The number of hydrogen-bond donors (Lipinski definition) is 1. The summed E-state index contributed by atoms with van der Waals surface area (Å²) in [6.07, 6.45) is 0.212. The summed E-state index contributed by atoms with van der Waals surface area (Å²) in [7, 11) is 1.31. The normalized spacial score (nSPS) is 12.0. The lowest BCUT2D eigenvalue weighted by atomic mass is 10.0. The number of para-hydroxylation sites is 3. The fourth-order valence-corrected chi connectivity index (χ4v) is 4.08. The second-order valence-electron chi connectivity index (χ2n) is 7.77. The average molecular weight is 435 g/mol. The summed E-state index contributed by atoms with van der Waals surface area (Å²) in [5, 5.41) is 5.34. The number of carbonyl (C=O) groups excluding carboxylic acids is 2. The van der Waals surface area contributed by atoms with E-state index in [1.807, 2.05) is 84.9 Å². The van der Waals surface area contributed by atoms with Crippen molar-refractivity contribution in [1.82, 2.24) is 15.3 Å². The highest BCUT2D eigenvalue weighted by Crippen LogP contribution is 2.26. The van der Waals surface area contributed by atoms with E-state index in [0.29, 0.717) is 22.3 Å². The van der Waals surface area contributed by atoms with E-state index < -0.39 is 12.0 Å². The molecule has 162 valence electrons. The van der Waals surface area contributed by atoms with E-state index in [1.54, 1.807) is 0 Å². The number of methoxy groups -OCH3 is 1. The van der Waals surface area contributed by atoms with Gasteiger partial charge in [0.05, 0.1) is 29.2 Å². The monoisotopic (exact) mass is 435 g/mol. The second-order valence-corrected chi connectivity index (χ2v) is 7.77. The molecule has 1 amide bonds. The molecule has 3 aromatic carbocycles. The molecule has 2 heterocycles. The molecule has 1 N–H and O–H groups in total. The number of carbonyl (C=O) groups is 2. The smallest absolute Gasteiger partial charge is 0.328 e. The van der Waals surface area contributed by atoms with Crippen molar-refractivity contribution in [1.29, 1.82) is 0 Å². The average Bonchev–Trinajstić information content (AvgIpc) is 2.86. The molecule has 0 aliphatic carbocycles. The maximum atomic E-state index is 13.5. The van der Waals surface area contributed by atoms with Crippen LogP contribution in [0.15, 0.2) is 84.9 Å². The topological polar surface area (TPSA) is 81.2 Å². The lowest BCUT2D eigenvalue weighted by Gasteiger charge is -2.18. The molecule has 6 nitrogen and oxygen atoms in total. The van der Waals surface area contributed by atoms with E-state index >= 15 is 0 Å². The van der Waals surface area contributed by atoms with Crippen molar-refractivity contribution < 1.29 is 14.3 Å². The van der Waals surface area contributed by atoms with Crippen molar-refractivity contribution >= 4 is 44.6 Å². The number of esters is 1. The predicted molar refractivity (Wildman–Crippen MR) is 128 cm³/mol. The highest BCUT2D eigenvalue weighted by atomic mass is 16.5. The lowest BCUT2D eigenvalue weighted by Crippen LogP contribution is -2.43. The highest BCUT2D eigenvalue weighted by Gasteiger charge is 2.25. The van der Waals surface area contributed by atoms with Gasteiger partial charge in [0.25, 0.3) is 5.91 Å². The summed E-state index contributed by atoms with van der Waals surface area (Å²) in [4.78, 5) is 35.4. The maximum absolute atomic E-state index is 13.5. The van der Waals surface area contributed by atoms with Crippen LogP contribution in [0.5, 0.6) is 0 Å². The van der Waals surface area contributed by atoms with Gasteiger partial charge in [-0.3, -0.25) is 9.78 Å². The summed E-state index contributed by atoms with van der Waals surface area (Å²) in [6.45, 7) is 0. The van der Waals surface area contributed by atoms with Crippen LogP contribution < -0.4 is 5.32 Å². The molecule has 0 radical (unpaired) electrons. The van der Waals surface area contributed by atoms with Gasteiger partial charge >= 0.3 is 5.97 Å². The summed E-state index contributed by atoms with van der Waals surface area (Å²) >= 11 is 0. The molecule has 5 aromatic rings. The molecule has 0 spiro atoms. The fraction of sp³-hybridized carbons (Fsp3) is 0.111. The van der Waals surface area contributed by atoms with E-state index in [2.05, 4.69) is 15.3 Å². The van der Waals surface area contributed by atoms with Gasteiger partial charge in [0.2, 0.25) is 0 Å². The van der Waals surface area contributed by atoms with Crippen LogP contribution in [0, 0.1) is 0 Å². The number of rotatable bonds is 5. The number of benzene rings is 3. The Hall–Kier alpha value is -4.32. The molecule has 0 saturated heterocycles. The predicted octanol–water partition coefficient (Wildman–Crippen LogP) is 4.45. The van der Waals surface area contributed by atoms with Gasteiger partial charge in [-0.25, -0.2) is 9.78 Å². The van der Waals surface area contributed by atoms with Gasteiger partial charge in [0.15, 0.2) is 0 Å². The maximum Gasteiger partial charge on any atom is 0.328 e. The Bertz CT molecular complexity index is 1460. The van der Waals surface area contributed by atoms with Crippen molar-refractivity contribution in [3.05, 3.63) is 96.2 Å². The standard InChI is InChI=1S/C27H21N3O3/c1-33-27(32)24(16-18-15-14-17-8-2-5-11-21(17)28-18)30-26(31)25-19-9-3-6-12-22(19)29-23-13-7-4-10-20(23)25/h2-15,24H,16H2,1H3,(H,30,31)/t24-/m0/s1. The molecule has 2 aromatic heterocycles. The van der Waals surface area contributed by atoms with Gasteiger partial charge in [-0.2, -0.15) is 0 Å². The Labute approximate surface area is 190 Å². The van der Waals surface area contributed by atoms with Gasteiger partial charge in [-0.15, -0.1) is 0 Å². The first kappa shape index (κ1) is 20.6. The van der Waals surface area contributed by atoms with Crippen LogP contribution >= 0.6 is 0 Å². The Morgan fingerprint density at radius 2 is 1.39 bits per heavy atom. The van der Waals surface area contributed by atoms with E-state index in [4.69, 9.17) is 4.74 Å². The Balaban J connectivity index is 1.52. The van der Waals surface area contributed by atoms with Crippen LogP contribution in [0.25, 0.3) is 32.7 Å². The largest absolute Gasteiger partial charge is 0.467 e. The first-order valence-electron chi connectivity index (χ1n) is 10.6. The zero-order valence-corrected chi connectivity index (χ0v) is 18.0. The molecule has 0 bridgehead atoms. The molecule has 0 unspecified atom stereocenters. The first-order chi connectivity index (χ1) is 16.1. The number of ether oxygens (including phenoxy) is 1. The van der Waals surface area contributed by atoms with Gasteiger partial charge in [-0.1, -0.05) is 60.7 Å². The second kappa shape index (κ2) is 8.67. The van der Waals surface area contributed by atoms with Crippen LogP contribution in [0.4, 0.5) is 0 Å². The minimum atomic E-state index is -0.887. The highest BCUT2D eigenvalue weighted by molar-refractivity contribution is 6.16. The van der Waals surface area contributed by atoms with Crippen molar-refractivity contribution in [3.8, 4) is 0 Å². The molecule has 6 heteroatoms. The van der Waals surface area contributed by atoms with Crippen LogP contribution in [0.3, 0.4) is 0 Å². The quantitative estimate of drug-likeness (QED) is 0.326. The molecule has 1 atom stereocenters. The number of nitrogens with zero attached hydrogens (tertiary/aromatic N) is 2. The zero-order chi connectivity index (χ0) is 22.8. The van der Waals surface area contributed by atoms with Crippen molar-refractivity contribution in [3.63, 3.8) is 0 Å². The molecular formula is C27H21N3O3. The van der Waals surface area contributed by atoms with E-state index in [-0.39, 0.29) is 12.3 Å². The zero-order valence-electron chi connectivity index (χ0n) is 18.0. The van der Waals surface area contributed by atoms with Gasteiger partial charge in [0.1, 0.15) is 6.04 Å². The van der Waals surface area contributed by atoms with Gasteiger partial charge < -0.3 is 10.1 Å². The van der Waals surface area contributed by atoms with E-state index in [0.717, 1.165) is 21.7 Å². The van der Waals surface area contributed by atoms with Crippen molar-refractivity contribution in [2.75, 3.05) is 7.11 Å². The molecule has 5 rings (SSSR count). The Morgan fingerprint density at radius 1 is 0.788 bits per heavy atom. The lowest BCUT2D eigenvalue weighted by molar-refractivity contribution is -0.142. The molecule has 0 aliphatic heterocycles. The number of amides is 1. The molecule has 33 heavy (non-hydrogen) atoms. The number of fused-ring (bicyclic) bond motifs is 3. The van der Waals surface area contributed by atoms with Gasteiger partial charge in [-0.05, 0) is 24.3 Å². The minimum Gasteiger partial charge on any atom is -0.467 e. The summed E-state index contributed by atoms with van der Waals surface area (Å²) in [5.74, 6) is -0.887. The Morgan fingerprint density at radius 3 is 2.06 bits per heavy atom. The third-order valence-corrected chi connectivity index (χ3v) is 5.68. The Kier molecular flexibility index (Phi) is 5.40. The number of aromatic nitrogens is 2.